The molecule has 0 bridgehead atoms. The predicted molar refractivity (Wildman–Crippen MR) is 74.5 cm³/mol. The summed E-state index contributed by atoms with van der Waals surface area (Å²) in [4.78, 5) is 2.37. The van der Waals surface area contributed by atoms with Gasteiger partial charge in [-0.05, 0) is 31.7 Å². The number of likely N-dealkylation sites (N-methyl/N-ethyl adjacent to an activating group) is 1. The first-order valence-electron chi connectivity index (χ1n) is 6.03. The van der Waals surface area contributed by atoms with E-state index >= 15 is 0 Å². The molecule has 1 aromatic carbocycles. The van der Waals surface area contributed by atoms with Gasteiger partial charge in [-0.2, -0.15) is 0 Å². The lowest BCUT2D eigenvalue weighted by Gasteiger charge is -2.23. The molecule has 0 saturated carbocycles. The van der Waals surface area contributed by atoms with Crippen molar-refractivity contribution in [2.75, 3.05) is 38.7 Å². The Balaban J connectivity index is 1.71. The molecule has 0 radical (unpaired) electrons. The Morgan fingerprint density at radius 1 is 1.53 bits per heavy atom. The van der Waals surface area contributed by atoms with Gasteiger partial charge in [-0.15, -0.1) is 0 Å². The van der Waals surface area contributed by atoms with Crippen LogP contribution in [0.1, 0.15) is 6.42 Å². The summed E-state index contributed by atoms with van der Waals surface area (Å²) in [5, 5.41) is 3.43. The van der Waals surface area contributed by atoms with Gasteiger partial charge in [0.25, 0.3) is 0 Å². The topological polar surface area (TPSA) is 24.5 Å². The van der Waals surface area contributed by atoms with E-state index in [2.05, 4.69) is 45.3 Å². The van der Waals surface area contributed by atoms with Crippen molar-refractivity contribution >= 4 is 21.6 Å². The van der Waals surface area contributed by atoms with E-state index < -0.39 is 0 Å². The van der Waals surface area contributed by atoms with Crippen LogP contribution in [0.25, 0.3) is 0 Å². The Morgan fingerprint density at radius 2 is 2.41 bits per heavy atom. The lowest BCUT2D eigenvalue weighted by molar-refractivity contribution is 0.161. The van der Waals surface area contributed by atoms with Crippen molar-refractivity contribution in [1.82, 2.24) is 4.90 Å². The zero-order chi connectivity index (χ0) is 12.1. The fourth-order valence-corrected chi connectivity index (χ4v) is 2.43. The first kappa shape index (κ1) is 12.9. The van der Waals surface area contributed by atoms with Gasteiger partial charge >= 0.3 is 0 Å². The molecule has 1 aliphatic heterocycles. The maximum atomic E-state index is 5.39. The van der Waals surface area contributed by atoms with Crippen LogP contribution >= 0.6 is 15.9 Å². The quantitative estimate of drug-likeness (QED) is 0.904. The highest BCUT2D eigenvalue weighted by molar-refractivity contribution is 9.10. The summed E-state index contributed by atoms with van der Waals surface area (Å²) in [6, 6.07) is 8.86. The van der Waals surface area contributed by atoms with Crippen LogP contribution in [0.4, 0.5) is 5.69 Å². The summed E-state index contributed by atoms with van der Waals surface area (Å²) in [6.45, 7) is 3.80. The van der Waals surface area contributed by atoms with Crippen LogP contribution in [0.5, 0.6) is 0 Å². The molecule has 1 heterocycles. The van der Waals surface area contributed by atoms with Gasteiger partial charge < -0.3 is 10.1 Å². The van der Waals surface area contributed by atoms with Gasteiger partial charge in [-0.25, -0.2) is 0 Å². The lowest BCUT2D eigenvalue weighted by atomic mass is 10.2. The lowest BCUT2D eigenvalue weighted by Crippen LogP contribution is -2.35. The van der Waals surface area contributed by atoms with Crippen LogP contribution in [-0.2, 0) is 4.74 Å². The molecule has 94 valence electrons. The zero-order valence-electron chi connectivity index (χ0n) is 10.2. The minimum Gasteiger partial charge on any atom is -0.384 e. The Kier molecular flexibility index (Phi) is 4.83. The molecule has 0 amide bonds. The molecule has 1 saturated heterocycles. The van der Waals surface area contributed by atoms with Gasteiger partial charge in [0, 0.05) is 35.9 Å². The Hall–Kier alpha value is -0.580. The smallest absolute Gasteiger partial charge is 0.0622 e. The average Bonchev–Trinajstić information content (AvgIpc) is 2.82. The maximum Gasteiger partial charge on any atom is 0.0622 e. The second-order valence-electron chi connectivity index (χ2n) is 4.44. The number of anilines is 1. The number of rotatable bonds is 5. The van der Waals surface area contributed by atoms with Crippen LogP contribution in [0, 0.1) is 0 Å². The normalized spacial score (nSPS) is 19.8. The van der Waals surface area contributed by atoms with Crippen molar-refractivity contribution in [3.8, 4) is 0 Å². The molecule has 0 aromatic heterocycles. The van der Waals surface area contributed by atoms with Gasteiger partial charge in [0.05, 0.1) is 6.61 Å². The number of ether oxygens (including phenoxy) is 1. The molecular weight excluding hydrogens is 280 g/mol. The molecule has 4 heteroatoms. The van der Waals surface area contributed by atoms with E-state index in [1.54, 1.807) is 0 Å². The molecule has 0 spiro atoms. The predicted octanol–water partition coefficient (Wildman–Crippen LogP) is 2.58. The molecule has 1 aliphatic rings. The summed E-state index contributed by atoms with van der Waals surface area (Å²) in [5.41, 5.74) is 1.16. The molecule has 1 fully saturated rings. The first-order chi connectivity index (χ1) is 8.25. The zero-order valence-corrected chi connectivity index (χ0v) is 11.7. The largest absolute Gasteiger partial charge is 0.384 e. The molecule has 3 nitrogen and oxygen atoms in total. The Morgan fingerprint density at radius 3 is 3.12 bits per heavy atom. The van der Waals surface area contributed by atoms with Crippen LogP contribution in [0.3, 0.4) is 0 Å². The van der Waals surface area contributed by atoms with Gasteiger partial charge in [-0.3, -0.25) is 4.90 Å². The van der Waals surface area contributed by atoms with Crippen LogP contribution in [0.15, 0.2) is 28.7 Å². The van der Waals surface area contributed by atoms with E-state index in [9.17, 15) is 0 Å². The van der Waals surface area contributed by atoms with Crippen molar-refractivity contribution in [3.05, 3.63) is 28.7 Å². The Bertz CT molecular complexity index is 353. The number of nitrogens with one attached hydrogen (secondary N) is 1. The van der Waals surface area contributed by atoms with E-state index in [1.807, 2.05) is 12.1 Å². The van der Waals surface area contributed by atoms with E-state index in [-0.39, 0.29) is 0 Å². The third kappa shape index (κ3) is 3.98. The van der Waals surface area contributed by atoms with E-state index in [0.29, 0.717) is 6.04 Å². The summed E-state index contributed by atoms with van der Waals surface area (Å²) in [6.07, 6.45) is 1.16. The van der Waals surface area contributed by atoms with Gasteiger partial charge in [0.1, 0.15) is 0 Å². The molecule has 1 aromatic rings. The summed E-state index contributed by atoms with van der Waals surface area (Å²) in [7, 11) is 2.17. The van der Waals surface area contributed by atoms with Crippen molar-refractivity contribution in [1.29, 1.82) is 0 Å². The molecular formula is C13H19BrN2O. The fraction of sp³-hybridized carbons (Fsp3) is 0.538. The molecule has 1 N–H and O–H groups in total. The van der Waals surface area contributed by atoms with E-state index in [1.165, 1.54) is 0 Å². The number of halogens is 1. The summed E-state index contributed by atoms with van der Waals surface area (Å²) in [5.74, 6) is 0. The number of benzene rings is 1. The summed E-state index contributed by atoms with van der Waals surface area (Å²) >= 11 is 3.47. The second kappa shape index (κ2) is 6.38. The average molecular weight is 299 g/mol. The highest BCUT2D eigenvalue weighted by Gasteiger charge is 2.19. The molecule has 17 heavy (non-hydrogen) atoms. The van der Waals surface area contributed by atoms with Gasteiger partial charge in [0.15, 0.2) is 0 Å². The SMILES string of the molecule is CN(CCNc1cccc(Br)c1)C1CCOC1. The molecule has 1 atom stereocenters. The minimum atomic E-state index is 0.597. The van der Waals surface area contributed by atoms with Crippen molar-refractivity contribution in [3.63, 3.8) is 0 Å². The van der Waals surface area contributed by atoms with Gasteiger partial charge in [-0.1, -0.05) is 22.0 Å². The van der Waals surface area contributed by atoms with Crippen LogP contribution in [-0.4, -0.2) is 44.3 Å². The van der Waals surface area contributed by atoms with Crippen molar-refractivity contribution in [2.45, 2.75) is 12.5 Å². The fourth-order valence-electron chi connectivity index (χ4n) is 2.03. The second-order valence-corrected chi connectivity index (χ2v) is 5.35. The number of hydrogen-bond donors (Lipinski definition) is 1. The minimum absolute atomic E-state index is 0.597. The van der Waals surface area contributed by atoms with Crippen LogP contribution in [0.2, 0.25) is 0 Å². The third-order valence-electron chi connectivity index (χ3n) is 3.15. The Labute approximate surface area is 111 Å². The number of nitrogens with zero attached hydrogens (tertiary/aromatic N) is 1. The van der Waals surface area contributed by atoms with E-state index in [0.717, 1.165) is 42.9 Å². The third-order valence-corrected chi connectivity index (χ3v) is 3.64. The molecule has 1 unspecified atom stereocenters. The van der Waals surface area contributed by atoms with Crippen molar-refractivity contribution < 1.29 is 4.74 Å². The maximum absolute atomic E-state index is 5.39. The highest BCUT2D eigenvalue weighted by Crippen LogP contribution is 2.15. The summed E-state index contributed by atoms with van der Waals surface area (Å²) < 4.78 is 6.50. The monoisotopic (exact) mass is 298 g/mol. The first-order valence-corrected chi connectivity index (χ1v) is 6.82. The standard InChI is InChI=1S/C13H19BrN2O/c1-16(13-5-8-17-10-13)7-6-15-12-4-2-3-11(14)9-12/h2-4,9,13,15H,5-8,10H2,1H3. The van der Waals surface area contributed by atoms with Gasteiger partial charge in [0.2, 0.25) is 0 Å². The highest BCUT2D eigenvalue weighted by atomic mass is 79.9. The number of hydrogen-bond acceptors (Lipinski definition) is 3. The molecule has 2 rings (SSSR count). The van der Waals surface area contributed by atoms with E-state index in [4.69, 9.17) is 4.74 Å². The van der Waals surface area contributed by atoms with Crippen molar-refractivity contribution in [2.24, 2.45) is 0 Å². The van der Waals surface area contributed by atoms with Crippen LogP contribution < -0.4 is 5.32 Å². The molecule has 0 aliphatic carbocycles.